The molecular formula is C15H23ClN2. The monoisotopic (exact) mass is 266 g/mol. The maximum Gasteiger partial charge on any atom is 0.0642 e. The molecule has 0 bridgehead atoms. The molecule has 1 N–H and O–H groups in total. The molecule has 1 saturated carbocycles. The van der Waals surface area contributed by atoms with E-state index in [4.69, 9.17) is 11.6 Å². The summed E-state index contributed by atoms with van der Waals surface area (Å²) < 4.78 is 0. The van der Waals surface area contributed by atoms with Crippen molar-refractivity contribution in [2.75, 3.05) is 18.5 Å². The number of nitrogens with one attached hydrogen (secondary N) is 1. The van der Waals surface area contributed by atoms with Gasteiger partial charge in [-0.15, -0.1) is 0 Å². The lowest BCUT2D eigenvalue weighted by atomic mass is 10.1. The zero-order chi connectivity index (χ0) is 13.0. The van der Waals surface area contributed by atoms with Gasteiger partial charge in [0.1, 0.15) is 0 Å². The molecule has 100 valence electrons. The van der Waals surface area contributed by atoms with Crippen LogP contribution in [0.15, 0.2) is 18.2 Å². The van der Waals surface area contributed by atoms with Crippen LogP contribution in [0.3, 0.4) is 0 Å². The van der Waals surface area contributed by atoms with E-state index in [9.17, 15) is 0 Å². The Hall–Kier alpha value is -0.730. The van der Waals surface area contributed by atoms with Crippen molar-refractivity contribution in [2.24, 2.45) is 0 Å². The first-order valence-electron chi connectivity index (χ1n) is 6.94. The quantitative estimate of drug-likeness (QED) is 0.871. The molecule has 2 rings (SSSR count). The third-order valence-electron chi connectivity index (χ3n) is 3.84. The van der Waals surface area contributed by atoms with E-state index in [2.05, 4.69) is 42.4 Å². The summed E-state index contributed by atoms with van der Waals surface area (Å²) in [7, 11) is 2.17. The Morgan fingerprint density at radius 3 is 2.67 bits per heavy atom. The van der Waals surface area contributed by atoms with Gasteiger partial charge in [-0.25, -0.2) is 0 Å². The third kappa shape index (κ3) is 3.18. The molecule has 1 aromatic carbocycles. The van der Waals surface area contributed by atoms with Crippen LogP contribution in [-0.2, 0) is 6.54 Å². The molecule has 2 nitrogen and oxygen atoms in total. The first-order valence-corrected chi connectivity index (χ1v) is 7.32. The lowest BCUT2D eigenvalue weighted by molar-refractivity contribution is 0.653. The zero-order valence-corrected chi connectivity index (χ0v) is 12.1. The fraction of sp³-hybridized carbons (Fsp3) is 0.600. The molecule has 0 atom stereocenters. The lowest BCUT2D eigenvalue weighted by Gasteiger charge is -2.27. The van der Waals surface area contributed by atoms with Gasteiger partial charge in [-0.2, -0.15) is 0 Å². The minimum absolute atomic E-state index is 0.669. The van der Waals surface area contributed by atoms with Crippen LogP contribution in [-0.4, -0.2) is 19.6 Å². The van der Waals surface area contributed by atoms with Crippen molar-refractivity contribution in [3.05, 3.63) is 28.8 Å². The van der Waals surface area contributed by atoms with Crippen molar-refractivity contribution in [3.8, 4) is 0 Å². The van der Waals surface area contributed by atoms with Gasteiger partial charge in [-0.05, 0) is 37.1 Å². The van der Waals surface area contributed by atoms with Gasteiger partial charge in [0, 0.05) is 19.6 Å². The highest BCUT2D eigenvalue weighted by molar-refractivity contribution is 6.33. The topological polar surface area (TPSA) is 15.3 Å². The molecule has 1 aliphatic rings. The van der Waals surface area contributed by atoms with E-state index in [-0.39, 0.29) is 0 Å². The van der Waals surface area contributed by atoms with Gasteiger partial charge in [0.15, 0.2) is 0 Å². The summed E-state index contributed by atoms with van der Waals surface area (Å²) in [6.45, 7) is 3.99. The second kappa shape index (κ2) is 6.44. The Bertz CT molecular complexity index is 386. The normalized spacial score (nSPS) is 16.2. The van der Waals surface area contributed by atoms with E-state index < -0.39 is 0 Å². The zero-order valence-electron chi connectivity index (χ0n) is 11.4. The average molecular weight is 267 g/mol. The van der Waals surface area contributed by atoms with E-state index in [1.807, 2.05) is 0 Å². The number of hydrogen-bond acceptors (Lipinski definition) is 2. The number of rotatable bonds is 5. The van der Waals surface area contributed by atoms with Crippen LogP contribution in [0.2, 0.25) is 5.02 Å². The molecule has 1 aliphatic carbocycles. The van der Waals surface area contributed by atoms with Gasteiger partial charge in [0.25, 0.3) is 0 Å². The number of halogens is 1. The van der Waals surface area contributed by atoms with Crippen LogP contribution in [0.5, 0.6) is 0 Å². The Kier molecular flexibility index (Phi) is 4.90. The van der Waals surface area contributed by atoms with Gasteiger partial charge in [0.05, 0.1) is 10.7 Å². The molecule has 0 aliphatic heterocycles. The van der Waals surface area contributed by atoms with Crippen molar-refractivity contribution >= 4 is 17.3 Å². The van der Waals surface area contributed by atoms with Gasteiger partial charge in [0.2, 0.25) is 0 Å². The largest absolute Gasteiger partial charge is 0.370 e. The molecule has 3 heteroatoms. The van der Waals surface area contributed by atoms with Crippen molar-refractivity contribution in [1.29, 1.82) is 0 Å². The van der Waals surface area contributed by atoms with Gasteiger partial charge >= 0.3 is 0 Å². The predicted molar refractivity (Wildman–Crippen MR) is 79.5 cm³/mol. The van der Waals surface area contributed by atoms with Crippen molar-refractivity contribution in [2.45, 2.75) is 45.2 Å². The van der Waals surface area contributed by atoms with Crippen LogP contribution in [0.1, 0.15) is 38.2 Å². The van der Waals surface area contributed by atoms with Crippen LogP contribution >= 0.6 is 11.6 Å². The Balaban J connectivity index is 2.08. The molecule has 18 heavy (non-hydrogen) atoms. The maximum atomic E-state index is 6.41. The second-order valence-electron chi connectivity index (χ2n) is 5.12. The van der Waals surface area contributed by atoms with Gasteiger partial charge in [-0.1, -0.05) is 37.4 Å². The van der Waals surface area contributed by atoms with Crippen LogP contribution < -0.4 is 10.2 Å². The summed E-state index contributed by atoms with van der Waals surface area (Å²) in [6.07, 6.45) is 5.30. The molecule has 1 aromatic rings. The predicted octanol–water partition coefficient (Wildman–Crippen LogP) is 3.83. The standard InChI is InChI=1S/C15H23ClN2/c1-3-17-11-12-8-9-15(14(16)10-12)18(2)13-6-4-5-7-13/h8-10,13,17H,3-7,11H2,1-2H3. The summed E-state index contributed by atoms with van der Waals surface area (Å²) in [5, 5.41) is 4.20. The van der Waals surface area contributed by atoms with E-state index in [0.29, 0.717) is 6.04 Å². The lowest BCUT2D eigenvalue weighted by Crippen LogP contribution is -2.29. The Morgan fingerprint density at radius 1 is 1.33 bits per heavy atom. The third-order valence-corrected chi connectivity index (χ3v) is 4.15. The number of benzene rings is 1. The van der Waals surface area contributed by atoms with E-state index in [0.717, 1.165) is 18.1 Å². The summed E-state index contributed by atoms with van der Waals surface area (Å²) in [5.41, 5.74) is 2.43. The molecule has 0 saturated heterocycles. The fourth-order valence-corrected chi connectivity index (χ4v) is 3.04. The highest BCUT2D eigenvalue weighted by Gasteiger charge is 2.21. The molecule has 0 radical (unpaired) electrons. The van der Waals surface area contributed by atoms with E-state index in [1.165, 1.54) is 36.9 Å². The van der Waals surface area contributed by atoms with E-state index >= 15 is 0 Å². The number of hydrogen-bond donors (Lipinski definition) is 1. The molecule has 0 unspecified atom stereocenters. The van der Waals surface area contributed by atoms with Gasteiger partial charge in [-0.3, -0.25) is 0 Å². The molecule has 0 amide bonds. The van der Waals surface area contributed by atoms with Crippen molar-refractivity contribution in [1.82, 2.24) is 5.32 Å². The molecule has 0 aromatic heterocycles. The molecule has 1 fully saturated rings. The van der Waals surface area contributed by atoms with Crippen LogP contribution in [0, 0.1) is 0 Å². The number of nitrogens with zero attached hydrogens (tertiary/aromatic N) is 1. The summed E-state index contributed by atoms with van der Waals surface area (Å²) in [5.74, 6) is 0. The first kappa shape index (κ1) is 13.7. The SMILES string of the molecule is CCNCc1ccc(N(C)C2CCCC2)c(Cl)c1. The first-order chi connectivity index (χ1) is 8.72. The minimum atomic E-state index is 0.669. The minimum Gasteiger partial charge on any atom is -0.370 e. The van der Waals surface area contributed by atoms with Crippen LogP contribution in [0.4, 0.5) is 5.69 Å². The van der Waals surface area contributed by atoms with E-state index in [1.54, 1.807) is 0 Å². The summed E-state index contributed by atoms with van der Waals surface area (Å²) in [4.78, 5) is 2.35. The Morgan fingerprint density at radius 2 is 2.06 bits per heavy atom. The smallest absolute Gasteiger partial charge is 0.0642 e. The van der Waals surface area contributed by atoms with Crippen LogP contribution in [0.25, 0.3) is 0 Å². The van der Waals surface area contributed by atoms with Crippen molar-refractivity contribution < 1.29 is 0 Å². The fourth-order valence-electron chi connectivity index (χ4n) is 2.70. The highest BCUT2D eigenvalue weighted by atomic mass is 35.5. The van der Waals surface area contributed by atoms with Gasteiger partial charge < -0.3 is 10.2 Å². The maximum absolute atomic E-state index is 6.41. The number of anilines is 1. The highest BCUT2D eigenvalue weighted by Crippen LogP contribution is 2.32. The molecule has 0 spiro atoms. The Labute approximate surface area is 115 Å². The summed E-state index contributed by atoms with van der Waals surface area (Å²) >= 11 is 6.41. The van der Waals surface area contributed by atoms with Crippen molar-refractivity contribution in [3.63, 3.8) is 0 Å². The average Bonchev–Trinajstić information content (AvgIpc) is 2.89. The molecular weight excluding hydrogens is 244 g/mol. The second-order valence-corrected chi connectivity index (χ2v) is 5.52. The molecule has 0 heterocycles. The summed E-state index contributed by atoms with van der Waals surface area (Å²) in [6, 6.07) is 7.09.